The summed E-state index contributed by atoms with van der Waals surface area (Å²) in [5, 5.41) is 4.30. The van der Waals surface area contributed by atoms with E-state index in [1.807, 2.05) is 47.3 Å². The van der Waals surface area contributed by atoms with Gasteiger partial charge in [0.05, 0.1) is 6.54 Å². The SMILES string of the molecule is NC(=O)C(c1ccccc1)N1CCCCC1Cn1cccn1. The number of carbonyl (C=O) groups is 1. The normalized spacial score (nSPS) is 20.6. The molecule has 2 atom stereocenters. The van der Waals surface area contributed by atoms with Crippen molar-refractivity contribution in [3.05, 3.63) is 54.4 Å². The van der Waals surface area contributed by atoms with Crippen molar-refractivity contribution in [2.75, 3.05) is 6.54 Å². The van der Waals surface area contributed by atoms with E-state index in [0.29, 0.717) is 0 Å². The Morgan fingerprint density at radius 1 is 1.27 bits per heavy atom. The number of benzene rings is 1. The van der Waals surface area contributed by atoms with Crippen molar-refractivity contribution in [1.29, 1.82) is 0 Å². The summed E-state index contributed by atoms with van der Waals surface area (Å²) in [6.07, 6.45) is 7.11. The summed E-state index contributed by atoms with van der Waals surface area (Å²) in [6, 6.07) is 11.7. The molecule has 3 rings (SSSR count). The van der Waals surface area contributed by atoms with E-state index >= 15 is 0 Å². The molecule has 0 bridgehead atoms. The summed E-state index contributed by atoms with van der Waals surface area (Å²) in [5.41, 5.74) is 6.71. The fraction of sp³-hybridized carbons (Fsp3) is 0.412. The number of rotatable bonds is 5. The van der Waals surface area contributed by atoms with Gasteiger partial charge < -0.3 is 5.73 Å². The van der Waals surface area contributed by atoms with Crippen molar-refractivity contribution in [2.45, 2.75) is 37.9 Å². The fourth-order valence-corrected chi connectivity index (χ4v) is 3.34. The van der Waals surface area contributed by atoms with Gasteiger partial charge >= 0.3 is 0 Å². The first kappa shape index (κ1) is 14.8. The Hall–Kier alpha value is -2.14. The Labute approximate surface area is 130 Å². The topological polar surface area (TPSA) is 64.2 Å². The standard InChI is InChI=1S/C17H22N4O/c18-17(22)16(14-7-2-1-3-8-14)21-12-5-4-9-15(21)13-20-11-6-10-19-20/h1-3,6-8,10-11,15-16H,4-5,9,12-13H2,(H2,18,22). The Balaban J connectivity index is 1.85. The van der Waals surface area contributed by atoms with Crippen LogP contribution in [0.4, 0.5) is 0 Å². The lowest BCUT2D eigenvalue weighted by Gasteiger charge is -2.40. The van der Waals surface area contributed by atoms with E-state index in [1.54, 1.807) is 6.20 Å². The van der Waals surface area contributed by atoms with Gasteiger partial charge in [0.15, 0.2) is 0 Å². The van der Waals surface area contributed by atoms with Crippen LogP contribution in [0.15, 0.2) is 48.8 Å². The highest BCUT2D eigenvalue weighted by atomic mass is 16.1. The third kappa shape index (κ3) is 3.20. The maximum absolute atomic E-state index is 12.1. The summed E-state index contributed by atoms with van der Waals surface area (Å²) in [4.78, 5) is 14.4. The number of likely N-dealkylation sites (tertiary alicyclic amines) is 1. The van der Waals surface area contributed by atoms with E-state index in [4.69, 9.17) is 5.73 Å². The Bertz CT molecular complexity index is 596. The Morgan fingerprint density at radius 2 is 2.09 bits per heavy atom. The molecule has 1 aromatic heterocycles. The van der Waals surface area contributed by atoms with Crippen LogP contribution in [0.2, 0.25) is 0 Å². The van der Waals surface area contributed by atoms with Crippen molar-refractivity contribution in [2.24, 2.45) is 5.73 Å². The van der Waals surface area contributed by atoms with Crippen LogP contribution in [0.1, 0.15) is 30.9 Å². The number of nitrogens with two attached hydrogens (primary N) is 1. The molecule has 1 aliphatic rings. The van der Waals surface area contributed by atoms with Crippen LogP contribution < -0.4 is 5.73 Å². The maximum atomic E-state index is 12.1. The lowest BCUT2D eigenvalue weighted by molar-refractivity contribution is -0.125. The predicted molar refractivity (Wildman–Crippen MR) is 84.9 cm³/mol. The van der Waals surface area contributed by atoms with Crippen LogP contribution in [0.5, 0.6) is 0 Å². The highest BCUT2D eigenvalue weighted by molar-refractivity contribution is 5.81. The third-order valence-corrected chi connectivity index (χ3v) is 4.35. The maximum Gasteiger partial charge on any atom is 0.239 e. The Morgan fingerprint density at radius 3 is 2.77 bits per heavy atom. The molecule has 2 unspecified atom stereocenters. The lowest BCUT2D eigenvalue weighted by Crippen LogP contribution is -2.48. The average molecular weight is 298 g/mol. The average Bonchev–Trinajstić information content (AvgIpc) is 3.03. The van der Waals surface area contributed by atoms with Gasteiger partial charge in [-0.15, -0.1) is 0 Å². The van der Waals surface area contributed by atoms with E-state index in [1.165, 1.54) is 6.42 Å². The lowest BCUT2D eigenvalue weighted by atomic mass is 9.96. The van der Waals surface area contributed by atoms with E-state index < -0.39 is 0 Å². The minimum Gasteiger partial charge on any atom is -0.368 e. The third-order valence-electron chi connectivity index (χ3n) is 4.35. The second kappa shape index (κ2) is 6.75. The molecule has 2 N–H and O–H groups in total. The Kier molecular flexibility index (Phi) is 4.53. The zero-order chi connectivity index (χ0) is 15.4. The monoisotopic (exact) mass is 298 g/mol. The van der Waals surface area contributed by atoms with Gasteiger partial charge in [-0.25, -0.2) is 0 Å². The van der Waals surface area contributed by atoms with Crippen LogP contribution in [-0.2, 0) is 11.3 Å². The number of amides is 1. The van der Waals surface area contributed by atoms with Gasteiger partial charge in [-0.05, 0) is 31.0 Å². The zero-order valence-electron chi connectivity index (χ0n) is 12.6. The molecular formula is C17H22N4O. The van der Waals surface area contributed by atoms with E-state index in [0.717, 1.165) is 31.5 Å². The molecule has 0 aliphatic carbocycles. The molecule has 5 heteroatoms. The summed E-state index contributed by atoms with van der Waals surface area (Å²) < 4.78 is 1.94. The van der Waals surface area contributed by atoms with Crippen molar-refractivity contribution in [3.8, 4) is 0 Å². The summed E-state index contributed by atoms with van der Waals surface area (Å²) in [5.74, 6) is -0.279. The summed E-state index contributed by atoms with van der Waals surface area (Å²) in [6.45, 7) is 1.69. The molecule has 0 spiro atoms. The van der Waals surface area contributed by atoms with E-state index in [9.17, 15) is 4.79 Å². The molecule has 1 fully saturated rings. The van der Waals surface area contributed by atoms with Crippen molar-refractivity contribution >= 4 is 5.91 Å². The highest BCUT2D eigenvalue weighted by Gasteiger charge is 2.33. The van der Waals surface area contributed by atoms with Gasteiger partial charge in [-0.3, -0.25) is 14.4 Å². The molecule has 1 aromatic carbocycles. The number of primary amides is 1. The van der Waals surface area contributed by atoms with Crippen LogP contribution in [-0.4, -0.2) is 33.2 Å². The fourth-order valence-electron chi connectivity index (χ4n) is 3.34. The summed E-state index contributed by atoms with van der Waals surface area (Å²) >= 11 is 0. The minimum atomic E-state index is -0.359. The van der Waals surface area contributed by atoms with Gasteiger partial charge in [-0.1, -0.05) is 36.8 Å². The molecular weight excluding hydrogens is 276 g/mol. The number of hydrogen-bond acceptors (Lipinski definition) is 3. The molecule has 5 nitrogen and oxygen atoms in total. The van der Waals surface area contributed by atoms with Crippen molar-refractivity contribution in [1.82, 2.24) is 14.7 Å². The highest BCUT2D eigenvalue weighted by Crippen LogP contribution is 2.29. The molecule has 1 aliphatic heterocycles. The first-order valence-electron chi connectivity index (χ1n) is 7.83. The number of hydrogen-bond donors (Lipinski definition) is 1. The first-order chi connectivity index (χ1) is 10.8. The molecule has 0 saturated carbocycles. The van der Waals surface area contributed by atoms with Gasteiger partial charge in [0.2, 0.25) is 5.91 Å². The van der Waals surface area contributed by atoms with Gasteiger partial charge in [-0.2, -0.15) is 5.10 Å². The minimum absolute atomic E-state index is 0.279. The van der Waals surface area contributed by atoms with Crippen LogP contribution in [0.25, 0.3) is 0 Å². The predicted octanol–water partition coefficient (Wildman–Crippen LogP) is 1.96. The molecule has 1 saturated heterocycles. The van der Waals surface area contributed by atoms with Gasteiger partial charge in [0.25, 0.3) is 0 Å². The van der Waals surface area contributed by atoms with E-state index in [2.05, 4.69) is 10.00 Å². The molecule has 22 heavy (non-hydrogen) atoms. The van der Waals surface area contributed by atoms with Gasteiger partial charge in [0, 0.05) is 18.4 Å². The zero-order valence-corrected chi connectivity index (χ0v) is 12.6. The van der Waals surface area contributed by atoms with E-state index in [-0.39, 0.29) is 18.0 Å². The molecule has 1 amide bonds. The smallest absolute Gasteiger partial charge is 0.239 e. The molecule has 2 heterocycles. The second-order valence-corrected chi connectivity index (χ2v) is 5.83. The first-order valence-corrected chi connectivity index (χ1v) is 7.83. The largest absolute Gasteiger partial charge is 0.368 e. The molecule has 2 aromatic rings. The van der Waals surface area contributed by atoms with Crippen LogP contribution in [0.3, 0.4) is 0 Å². The molecule has 116 valence electrons. The number of carbonyl (C=O) groups excluding carboxylic acids is 1. The van der Waals surface area contributed by atoms with Crippen LogP contribution >= 0.6 is 0 Å². The quantitative estimate of drug-likeness (QED) is 0.918. The number of nitrogens with zero attached hydrogens (tertiary/aromatic N) is 3. The summed E-state index contributed by atoms with van der Waals surface area (Å²) in [7, 11) is 0. The number of aromatic nitrogens is 2. The number of piperidine rings is 1. The van der Waals surface area contributed by atoms with Crippen LogP contribution in [0, 0.1) is 0 Å². The molecule has 0 radical (unpaired) electrons. The van der Waals surface area contributed by atoms with Crippen molar-refractivity contribution < 1.29 is 4.79 Å². The van der Waals surface area contributed by atoms with Crippen molar-refractivity contribution in [3.63, 3.8) is 0 Å². The second-order valence-electron chi connectivity index (χ2n) is 5.83. The van der Waals surface area contributed by atoms with Gasteiger partial charge in [0.1, 0.15) is 6.04 Å².